The minimum atomic E-state index is -0.425. The molecule has 1 heterocycles. The highest BCUT2D eigenvalue weighted by molar-refractivity contribution is 5.92. The van der Waals surface area contributed by atoms with E-state index in [1.807, 2.05) is 0 Å². The van der Waals surface area contributed by atoms with Gasteiger partial charge in [-0.1, -0.05) is 18.2 Å². The van der Waals surface area contributed by atoms with Crippen molar-refractivity contribution in [1.82, 2.24) is 9.97 Å². The predicted octanol–water partition coefficient (Wildman–Crippen LogP) is 4.54. The van der Waals surface area contributed by atoms with Crippen molar-refractivity contribution in [1.29, 1.82) is 5.26 Å². The lowest BCUT2D eigenvalue weighted by atomic mass is 10.1. The number of rotatable bonds is 8. The third-order valence-corrected chi connectivity index (χ3v) is 5.05. The molecule has 0 radical (unpaired) electrons. The number of benzene rings is 3. The first-order valence-electron chi connectivity index (χ1n) is 11.0. The van der Waals surface area contributed by atoms with Gasteiger partial charge >= 0.3 is 0 Å². The van der Waals surface area contributed by atoms with Gasteiger partial charge in [-0.15, -0.1) is 0 Å². The normalized spacial score (nSPS) is 11.1. The lowest BCUT2D eigenvalue weighted by molar-refractivity contribution is -0.118. The van der Waals surface area contributed by atoms with E-state index in [0.29, 0.717) is 40.3 Å². The number of hydrogen-bond acceptors (Lipinski definition) is 6. The summed E-state index contributed by atoms with van der Waals surface area (Å²) < 4.78 is 24.3. The molecule has 0 unspecified atom stereocenters. The maximum atomic E-state index is 13.0. The molecule has 4 aromatic rings. The van der Waals surface area contributed by atoms with Crippen molar-refractivity contribution in [2.24, 2.45) is 0 Å². The molecule has 8 nitrogen and oxygen atoms in total. The topological polar surface area (TPSA) is 117 Å². The van der Waals surface area contributed by atoms with Crippen LogP contribution in [0.3, 0.4) is 0 Å². The van der Waals surface area contributed by atoms with Crippen LogP contribution in [0.4, 0.5) is 10.1 Å². The Morgan fingerprint density at radius 2 is 1.89 bits per heavy atom. The van der Waals surface area contributed by atoms with Crippen LogP contribution in [0.25, 0.3) is 22.6 Å². The van der Waals surface area contributed by atoms with Gasteiger partial charge in [-0.25, -0.2) is 9.37 Å². The minimum absolute atomic E-state index is 0.150. The number of nitrogens with one attached hydrogen (secondary N) is 2. The number of carbonyl (C=O) groups is 1. The highest BCUT2D eigenvalue weighted by Crippen LogP contribution is 2.30. The Morgan fingerprint density at radius 1 is 1.11 bits per heavy atom. The van der Waals surface area contributed by atoms with Gasteiger partial charge in [-0.05, 0) is 67.1 Å². The van der Waals surface area contributed by atoms with Crippen LogP contribution in [0.2, 0.25) is 0 Å². The Kier molecular flexibility index (Phi) is 7.36. The van der Waals surface area contributed by atoms with Crippen molar-refractivity contribution < 1.29 is 18.7 Å². The van der Waals surface area contributed by atoms with Crippen LogP contribution in [0.15, 0.2) is 71.5 Å². The summed E-state index contributed by atoms with van der Waals surface area (Å²) in [5, 5.41) is 12.8. The molecule has 0 aliphatic heterocycles. The van der Waals surface area contributed by atoms with E-state index >= 15 is 0 Å². The summed E-state index contributed by atoms with van der Waals surface area (Å²) in [4.78, 5) is 31.7. The number of fused-ring (bicyclic) bond motifs is 1. The third-order valence-electron chi connectivity index (χ3n) is 5.05. The molecule has 3 aromatic carbocycles. The van der Waals surface area contributed by atoms with E-state index in [9.17, 15) is 19.2 Å². The van der Waals surface area contributed by atoms with E-state index in [1.165, 1.54) is 24.3 Å². The molecule has 9 heteroatoms. The standard InChI is InChI=1S/C27H21FN4O4/c1-2-35-24-14-17(7-12-23(24)36-16-25(33)30-20-10-8-19(28)9-11-20)13-18(15-29)26-31-22-6-4-3-5-21(22)27(34)32-26/h3-14H,2,16H2,1H3,(H,30,33)(H,31,32,34)/b18-13+. The fourth-order valence-corrected chi connectivity index (χ4v) is 3.41. The Labute approximate surface area is 205 Å². The largest absolute Gasteiger partial charge is 0.490 e. The van der Waals surface area contributed by atoms with Crippen molar-refractivity contribution >= 4 is 34.1 Å². The van der Waals surface area contributed by atoms with E-state index in [0.717, 1.165) is 0 Å². The van der Waals surface area contributed by atoms with E-state index < -0.39 is 11.7 Å². The van der Waals surface area contributed by atoms with E-state index in [4.69, 9.17) is 9.47 Å². The molecule has 36 heavy (non-hydrogen) atoms. The average Bonchev–Trinajstić information content (AvgIpc) is 2.88. The predicted molar refractivity (Wildman–Crippen MR) is 134 cm³/mol. The Bertz CT molecular complexity index is 1540. The maximum absolute atomic E-state index is 13.0. The number of carbonyl (C=O) groups excluding carboxylic acids is 1. The zero-order chi connectivity index (χ0) is 25.5. The SMILES string of the molecule is CCOc1cc(/C=C(\C#N)c2nc3ccccc3c(=O)[nH]2)ccc1OCC(=O)Nc1ccc(F)cc1. The number of para-hydroxylation sites is 1. The fourth-order valence-electron chi connectivity index (χ4n) is 3.41. The lowest BCUT2D eigenvalue weighted by Gasteiger charge is -2.13. The van der Waals surface area contributed by atoms with Crippen molar-refractivity contribution in [2.45, 2.75) is 6.92 Å². The molecular formula is C27H21FN4O4. The van der Waals surface area contributed by atoms with Gasteiger partial charge < -0.3 is 19.8 Å². The number of amides is 1. The van der Waals surface area contributed by atoms with Gasteiger partial charge in [-0.2, -0.15) is 5.26 Å². The second kappa shape index (κ2) is 11.0. The molecule has 0 atom stereocenters. The van der Waals surface area contributed by atoms with Crippen LogP contribution in [0.1, 0.15) is 18.3 Å². The summed E-state index contributed by atoms with van der Waals surface area (Å²) in [5.41, 5.74) is 1.35. The van der Waals surface area contributed by atoms with Crippen LogP contribution in [0, 0.1) is 17.1 Å². The first-order chi connectivity index (χ1) is 17.5. The van der Waals surface area contributed by atoms with E-state index in [1.54, 1.807) is 55.5 Å². The van der Waals surface area contributed by atoms with Crippen molar-refractivity contribution in [3.8, 4) is 17.6 Å². The number of hydrogen-bond donors (Lipinski definition) is 2. The monoisotopic (exact) mass is 484 g/mol. The first-order valence-corrected chi connectivity index (χ1v) is 11.0. The Balaban J connectivity index is 1.54. The highest BCUT2D eigenvalue weighted by Gasteiger charge is 2.12. The number of halogens is 1. The zero-order valence-electron chi connectivity index (χ0n) is 19.2. The number of aromatic nitrogens is 2. The maximum Gasteiger partial charge on any atom is 0.262 e. The third kappa shape index (κ3) is 5.74. The van der Waals surface area contributed by atoms with Gasteiger partial charge in [0.25, 0.3) is 11.5 Å². The molecule has 2 N–H and O–H groups in total. The van der Waals surface area contributed by atoms with Gasteiger partial charge in [0.1, 0.15) is 11.9 Å². The molecular weight excluding hydrogens is 463 g/mol. The first kappa shape index (κ1) is 24.2. The van der Waals surface area contributed by atoms with Crippen LogP contribution in [-0.2, 0) is 4.79 Å². The average molecular weight is 484 g/mol. The van der Waals surface area contributed by atoms with E-state index in [-0.39, 0.29) is 23.6 Å². The summed E-state index contributed by atoms with van der Waals surface area (Å²) >= 11 is 0. The summed E-state index contributed by atoms with van der Waals surface area (Å²) in [5.74, 6) is 0.0298. The number of allylic oxidation sites excluding steroid dienone is 1. The molecule has 0 spiro atoms. The zero-order valence-corrected chi connectivity index (χ0v) is 19.2. The van der Waals surface area contributed by atoms with Gasteiger partial charge in [0, 0.05) is 5.69 Å². The molecule has 1 aromatic heterocycles. The van der Waals surface area contributed by atoms with Crippen LogP contribution in [-0.4, -0.2) is 29.1 Å². The molecule has 0 fully saturated rings. The number of ether oxygens (including phenoxy) is 2. The van der Waals surface area contributed by atoms with Crippen molar-refractivity contribution in [2.75, 3.05) is 18.5 Å². The van der Waals surface area contributed by atoms with Crippen LogP contribution >= 0.6 is 0 Å². The van der Waals surface area contributed by atoms with Crippen molar-refractivity contribution in [3.05, 3.63) is 94.3 Å². The molecule has 4 rings (SSSR count). The van der Waals surface area contributed by atoms with Crippen LogP contribution in [0.5, 0.6) is 11.5 Å². The number of nitrogens with zero attached hydrogens (tertiary/aromatic N) is 2. The van der Waals surface area contributed by atoms with Gasteiger partial charge in [-0.3, -0.25) is 9.59 Å². The summed E-state index contributed by atoms with van der Waals surface area (Å²) in [6.07, 6.45) is 1.57. The minimum Gasteiger partial charge on any atom is -0.490 e. The van der Waals surface area contributed by atoms with Crippen molar-refractivity contribution in [3.63, 3.8) is 0 Å². The highest BCUT2D eigenvalue weighted by atomic mass is 19.1. The van der Waals surface area contributed by atoms with E-state index in [2.05, 4.69) is 21.4 Å². The second-order valence-corrected chi connectivity index (χ2v) is 7.58. The summed E-state index contributed by atoms with van der Waals surface area (Å²) in [7, 11) is 0. The smallest absolute Gasteiger partial charge is 0.262 e. The molecule has 0 aliphatic carbocycles. The molecule has 0 saturated carbocycles. The number of nitriles is 1. The number of anilines is 1. The summed E-state index contributed by atoms with van der Waals surface area (Å²) in [6.45, 7) is 1.85. The molecule has 0 aliphatic rings. The molecule has 0 saturated heterocycles. The molecule has 180 valence electrons. The second-order valence-electron chi connectivity index (χ2n) is 7.58. The summed E-state index contributed by atoms with van der Waals surface area (Å²) in [6, 6.07) is 19.3. The Morgan fingerprint density at radius 3 is 2.64 bits per heavy atom. The fraction of sp³-hybridized carbons (Fsp3) is 0.111. The number of aromatic amines is 1. The number of H-pyrrole nitrogens is 1. The quantitative estimate of drug-likeness (QED) is 0.355. The van der Waals surface area contributed by atoms with Crippen LogP contribution < -0.4 is 20.3 Å². The van der Waals surface area contributed by atoms with Gasteiger partial charge in [0.2, 0.25) is 0 Å². The molecule has 1 amide bonds. The van der Waals surface area contributed by atoms with Gasteiger partial charge in [0.05, 0.1) is 23.1 Å². The Hall–Kier alpha value is -4.97. The molecule has 0 bridgehead atoms. The van der Waals surface area contributed by atoms with Gasteiger partial charge in [0.15, 0.2) is 23.9 Å². The lowest BCUT2D eigenvalue weighted by Crippen LogP contribution is -2.20.